The molecule has 2 aromatic rings. The van der Waals surface area contributed by atoms with E-state index in [-0.39, 0.29) is 42.4 Å². The summed E-state index contributed by atoms with van der Waals surface area (Å²) in [6.07, 6.45) is 1.09. The molecule has 1 aliphatic rings. The first kappa shape index (κ1) is 21.3. The highest BCUT2D eigenvalue weighted by atomic mass is 16.5. The smallest absolute Gasteiger partial charge is 0.340 e. The fourth-order valence-electron chi connectivity index (χ4n) is 3.34. The maximum absolute atomic E-state index is 12.7. The quantitative estimate of drug-likeness (QED) is 0.615. The summed E-state index contributed by atoms with van der Waals surface area (Å²) in [4.78, 5) is 38.1. The van der Waals surface area contributed by atoms with E-state index in [1.54, 1.807) is 21.1 Å². The van der Waals surface area contributed by atoms with Crippen LogP contribution in [0.4, 0.5) is 0 Å². The Morgan fingerprint density at radius 3 is 2.33 bits per heavy atom. The van der Waals surface area contributed by atoms with E-state index in [2.05, 4.69) is 0 Å². The molecule has 1 heterocycles. The van der Waals surface area contributed by atoms with E-state index in [1.165, 1.54) is 11.7 Å². The molecule has 1 aliphatic carbocycles. The minimum atomic E-state index is -0.673. The van der Waals surface area contributed by atoms with Gasteiger partial charge in [-0.2, -0.15) is 0 Å². The number of hydrogen-bond donors (Lipinski definition) is 0. The lowest BCUT2D eigenvalue weighted by molar-refractivity contribution is 0.0512. The second kappa shape index (κ2) is 8.96. The maximum Gasteiger partial charge on any atom is 0.340 e. The summed E-state index contributed by atoms with van der Waals surface area (Å²) in [6.45, 7) is 2.08. The molecule has 0 amide bonds. The molecule has 0 aliphatic heterocycles. The van der Waals surface area contributed by atoms with Gasteiger partial charge in [-0.05, 0) is 24.6 Å². The van der Waals surface area contributed by atoms with Crippen LogP contribution in [0.3, 0.4) is 0 Å². The topological polar surface area (TPSA) is 93.1 Å². The Morgan fingerprint density at radius 1 is 1.03 bits per heavy atom. The monoisotopic (exact) mass is 413 g/mol. The van der Waals surface area contributed by atoms with E-state index in [1.807, 2.05) is 24.3 Å². The predicted octanol–water partition coefficient (Wildman–Crippen LogP) is 2.84. The van der Waals surface area contributed by atoms with Gasteiger partial charge >= 0.3 is 5.97 Å². The normalized spacial score (nSPS) is 13.0. The van der Waals surface area contributed by atoms with E-state index in [0.29, 0.717) is 5.69 Å². The molecule has 3 rings (SSSR count). The van der Waals surface area contributed by atoms with Crippen molar-refractivity contribution in [3.63, 3.8) is 0 Å². The molecule has 0 saturated carbocycles. The van der Waals surface area contributed by atoms with Gasteiger partial charge in [-0.1, -0.05) is 12.1 Å². The van der Waals surface area contributed by atoms with Crippen LogP contribution >= 0.6 is 0 Å². The zero-order chi connectivity index (χ0) is 21.8. The van der Waals surface area contributed by atoms with Crippen LogP contribution in [0.25, 0.3) is 0 Å². The third-order valence-corrected chi connectivity index (χ3v) is 4.83. The summed E-state index contributed by atoms with van der Waals surface area (Å²) in [5.74, 6) is -0.970. The summed E-state index contributed by atoms with van der Waals surface area (Å²) in [7, 11) is 4.51. The number of allylic oxidation sites excluding steroid dienone is 2. The molecule has 30 heavy (non-hydrogen) atoms. The lowest BCUT2D eigenvalue weighted by atomic mass is 9.96. The molecule has 0 fully saturated rings. The third-order valence-electron chi connectivity index (χ3n) is 4.83. The number of esters is 1. The fourth-order valence-corrected chi connectivity index (χ4v) is 3.34. The SMILES string of the molecule is CCOC(=O)c1c2c(n(C)c1COCc1ccc(OC)cc1)C(=O)C(OC)=CC2=O. The highest BCUT2D eigenvalue weighted by Gasteiger charge is 2.37. The van der Waals surface area contributed by atoms with Gasteiger partial charge in [-0.25, -0.2) is 4.79 Å². The second-order valence-corrected chi connectivity index (χ2v) is 6.57. The van der Waals surface area contributed by atoms with Gasteiger partial charge in [0.15, 0.2) is 11.5 Å². The van der Waals surface area contributed by atoms with Crippen LogP contribution < -0.4 is 4.74 Å². The van der Waals surface area contributed by atoms with Gasteiger partial charge in [0.2, 0.25) is 5.78 Å². The molecule has 1 aromatic carbocycles. The number of methoxy groups -OCH3 is 2. The van der Waals surface area contributed by atoms with Crippen LogP contribution in [0.1, 0.15) is 49.4 Å². The number of Topliss-reactive ketones (excluding diaryl/α,β-unsaturated/α-hetero) is 1. The Labute approximate surface area is 174 Å². The van der Waals surface area contributed by atoms with Crippen molar-refractivity contribution in [1.82, 2.24) is 4.57 Å². The minimum absolute atomic E-state index is 0.00650. The lowest BCUT2D eigenvalue weighted by Gasteiger charge is -2.13. The van der Waals surface area contributed by atoms with Gasteiger partial charge in [-0.3, -0.25) is 9.59 Å². The Hall–Kier alpha value is -3.39. The van der Waals surface area contributed by atoms with Crippen LogP contribution in [0.2, 0.25) is 0 Å². The molecular weight excluding hydrogens is 390 g/mol. The first-order valence-electron chi connectivity index (χ1n) is 9.36. The molecule has 8 heteroatoms. The van der Waals surface area contributed by atoms with Gasteiger partial charge < -0.3 is 23.5 Å². The van der Waals surface area contributed by atoms with Crippen LogP contribution in [-0.2, 0) is 34.5 Å². The number of aromatic nitrogens is 1. The molecule has 0 radical (unpaired) electrons. The van der Waals surface area contributed by atoms with Crippen molar-refractivity contribution in [2.45, 2.75) is 20.1 Å². The van der Waals surface area contributed by atoms with E-state index in [9.17, 15) is 14.4 Å². The zero-order valence-electron chi connectivity index (χ0n) is 17.3. The van der Waals surface area contributed by atoms with Gasteiger partial charge in [-0.15, -0.1) is 0 Å². The summed E-state index contributed by atoms with van der Waals surface area (Å²) < 4.78 is 22.6. The number of nitrogens with zero attached hydrogens (tertiary/aromatic N) is 1. The Bertz CT molecular complexity index is 1020. The molecule has 0 N–H and O–H groups in total. The molecule has 8 nitrogen and oxygen atoms in total. The molecule has 0 bridgehead atoms. The Morgan fingerprint density at radius 2 is 1.73 bits per heavy atom. The Kier molecular flexibility index (Phi) is 6.37. The summed E-state index contributed by atoms with van der Waals surface area (Å²) in [5.41, 5.74) is 1.45. The van der Waals surface area contributed by atoms with E-state index in [4.69, 9.17) is 18.9 Å². The van der Waals surface area contributed by atoms with E-state index in [0.717, 1.165) is 17.4 Å². The van der Waals surface area contributed by atoms with Crippen molar-refractivity contribution >= 4 is 17.5 Å². The Balaban J connectivity index is 1.93. The molecular formula is C22H23NO7. The van der Waals surface area contributed by atoms with Gasteiger partial charge in [0.25, 0.3) is 0 Å². The highest BCUT2D eigenvalue weighted by molar-refractivity contribution is 6.26. The number of hydrogen-bond acceptors (Lipinski definition) is 7. The average Bonchev–Trinajstić information content (AvgIpc) is 3.04. The standard InChI is InChI=1S/C22H23NO7/c1-5-30-22(26)18-15(12-29-11-13-6-8-14(27-3)9-7-13)23(2)20-19(18)16(24)10-17(28-4)21(20)25/h6-10H,5,11-12H2,1-4H3. The third kappa shape index (κ3) is 3.86. The van der Waals surface area contributed by atoms with Crippen molar-refractivity contribution in [3.8, 4) is 5.75 Å². The fraction of sp³-hybridized carbons (Fsp3) is 0.318. The van der Waals surface area contributed by atoms with Gasteiger partial charge in [0.05, 0.1) is 50.9 Å². The number of rotatable bonds is 8. The summed E-state index contributed by atoms with van der Waals surface area (Å²) >= 11 is 0. The lowest BCUT2D eigenvalue weighted by Crippen LogP contribution is -2.21. The molecule has 1 aromatic heterocycles. The zero-order valence-corrected chi connectivity index (χ0v) is 17.3. The molecule has 0 spiro atoms. The summed E-state index contributed by atoms with van der Waals surface area (Å²) in [6, 6.07) is 7.37. The average molecular weight is 413 g/mol. The number of carbonyl (C=O) groups excluding carboxylic acids is 3. The highest BCUT2D eigenvalue weighted by Crippen LogP contribution is 2.31. The van der Waals surface area contributed by atoms with Crippen molar-refractivity contribution in [3.05, 3.63) is 64.2 Å². The number of ether oxygens (including phenoxy) is 4. The molecule has 0 atom stereocenters. The van der Waals surface area contributed by atoms with Crippen LogP contribution in [0, 0.1) is 0 Å². The van der Waals surface area contributed by atoms with Gasteiger partial charge in [0.1, 0.15) is 11.4 Å². The van der Waals surface area contributed by atoms with Crippen molar-refractivity contribution < 1.29 is 33.3 Å². The van der Waals surface area contributed by atoms with Crippen molar-refractivity contribution in [2.75, 3.05) is 20.8 Å². The van der Waals surface area contributed by atoms with Crippen molar-refractivity contribution in [2.24, 2.45) is 7.05 Å². The predicted molar refractivity (Wildman–Crippen MR) is 107 cm³/mol. The molecule has 0 unspecified atom stereocenters. The minimum Gasteiger partial charge on any atom is -0.497 e. The number of carbonyl (C=O) groups is 3. The summed E-state index contributed by atoms with van der Waals surface area (Å²) in [5, 5.41) is 0. The maximum atomic E-state index is 12.7. The first-order valence-corrected chi connectivity index (χ1v) is 9.36. The van der Waals surface area contributed by atoms with Crippen LogP contribution in [0.5, 0.6) is 5.75 Å². The number of benzene rings is 1. The van der Waals surface area contributed by atoms with Crippen molar-refractivity contribution in [1.29, 1.82) is 0 Å². The van der Waals surface area contributed by atoms with Gasteiger partial charge in [0, 0.05) is 13.1 Å². The molecule has 0 saturated heterocycles. The van der Waals surface area contributed by atoms with Crippen LogP contribution in [0.15, 0.2) is 36.1 Å². The largest absolute Gasteiger partial charge is 0.497 e. The second-order valence-electron chi connectivity index (χ2n) is 6.57. The number of fused-ring (bicyclic) bond motifs is 1. The number of ketones is 2. The van der Waals surface area contributed by atoms with E-state index >= 15 is 0 Å². The van der Waals surface area contributed by atoms with Crippen LogP contribution in [-0.4, -0.2) is 42.9 Å². The first-order chi connectivity index (χ1) is 14.4. The molecule has 158 valence electrons. The van der Waals surface area contributed by atoms with E-state index < -0.39 is 17.5 Å².